The lowest BCUT2D eigenvalue weighted by Crippen LogP contribution is -2.27. The first-order chi connectivity index (χ1) is 6.81. The van der Waals surface area contributed by atoms with E-state index < -0.39 is 0 Å². The molecule has 14 heavy (non-hydrogen) atoms. The number of rotatable bonds is 3. The fourth-order valence-electron chi connectivity index (χ4n) is 1.20. The molecule has 0 bridgehead atoms. The summed E-state index contributed by atoms with van der Waals surface area (Å²) >= 11 is 0. The van der Waals surface area contributed by atoms with Gasteiger partial charge in [0, 0.05) is 12.2 Å². The van der Waals surface area contributed by atoms with Gasteiger partial charge in [0.1, 0.15) is 0 Å². The van der Waals surface area contributed by atoms with E-state index in [0.29, 0.717) is 17.3 Å². The molecule has 1 aromatic heterocycles. The lowest BCUT2D eigenvalue weighted by Gasteiger charge is -2.07. The van der Waals surface area contributed by atoms with Crippen molar-refractivity contribution >= 4 is 11.6 Å². The van der Waals surface area contributed by atoms with E-state index >= 15 is 0 Å². The first-order valence-electron chi connectivity index (χ1n) is 4.53. The van der Waals surface area contributed by atoms with Gasteiger partial charge in [-0.05, 0) is 18.9 Å². The molecule has 74 valence electrons. The summed E-state index contributed by atoms with van der Waals surface area (Å²) in [4.78, 5) is 15.5. The molecule has 0 radical (unpaired) electrons. The third kappa shape index (κ3) is 1.82. The number of carbonyl (C=O) groups excluding carboxylic acids is 1. The molecule has 2 rings (SSSR count). The highest BCUT2D eigenvalue weighted by Crippen LogP contribution is 2.20. The maximum Gasteiger partial charge on any atom is 0.253 e. The Labute approximate surface area is 81.7 Å². The Morgan fingerprint density at radius 3 is 3.00 bits per heavy atom. The third-order valence-electron chi connectivity index (χ3n) is 2.13. The molecule has 1 aliphatic rings. The highest BCUT2D eigenvalue weighted by Gasteiger charge is 2.24. The quantitative estimate of drug-likeness (QED) is 0.474. The van der Waals surface area contributed by atoms with Crippen LogP contribution in [0, 0.1) is 0 Å². The summed E-state index contributed by atoms with van der Waals surface area (Å²) in [7, 11) is 0. The number of hydrazine groups is 1. The Hall–Kier alpha value is -1.62. The highest BCUT2D eigenvalue weighted by atomic mass is 16.1. The van der Waals surface area contributed by atoms with Crippen molar-refractivity contribution in [2.24, 2.45) is 5.84 Å². The van der Waals surface area contributed by atoms with Crippen LogP contribution in [-0.2, 0) is 0 Å². The van der Waals surface area contributed by atoms with Gasteiger partial charge in [-0.25, -0.2) is 0 Å². The number of amides is 1. The number of nitrogens with two attached hydrogens (primary N) is 1. The molecule has 5 heteroatoms. The number of aromatic nitrogens is 1. The maximum atomic E-state index is 11.6. The van der Waals surface area contributed by atoms with Crippen LogP contribution < -0.4 is 16.6 Å². The van der Waals surface area contributed by atoms with Crippen LogP contribution in [0.4, 0.5) is 5.69 Å². The summed E-state index contributed by atoms with van der Waals surface area (Å²) in [6.45, 7) is 0. The van der Waals surface area contributed by atoms with Crippen molar-refractivity contribution in [3.8, 4) is 0 Å². The van der Waals surface area contributed by atoms with E-state index in [-0.39, 0.29) is 5.91 Å². The van der Waals surface area contributed by atoms with Crippen LogP contribution in [0.5, 0.6) is 0 Å². The fourth-order valence-corrected chi connectivity index (χ4v) is 1.20. The molecular weight excluding hydrogens is 180 g/mol. The lowest BCUT2D eigenvalue weighted by atomic mass is 10.2. The Bertz CT molecular complexity index is 348. The smallest absolute Gasteiger partial charge is 0.253 e. The van der Waals surface area contributed by atoms with Crippen LogP contribution in [-0.4, -0.2) is 16.9 Å². The Morgan fingerprint density at radius 1 is 1.57 bits per heavy atom. The SMILES string of the molecule is NNc1cnccc1C(=O)NC1CC1. The van der Waals surface area contributed by atoms with Crippen LogP contribution in [0.25, 0.3) is 0 Å². The number of nitrogen functional groups attached to an aromatic ring is 1. The number of nitrogens with zero attached hydrogens (tertiary/aromatic N) is 1. The van der Waals surface area contributed by atoms with E-state index in [0.717, 1.165) is 12.8 Å². The normalized spacial score (nSPS) is 14.9. The second kappa shape index (κ2) is 3.63. The van der Waals surface area contributed by atoms with Gasteiger partial charge in [0.25, 0.3) is 5.91 Å². The van der Waals surface area contributed by atoms with Crippen LogP contribution in [0.1, 0.15) is 23.2 Å². The topological polar surface area (TPSA) is 80.0 Å². The molecule has 0 atom stereocenters. The van der Waals surface area contributed by atoms with Crippen molar-refractivity contribution in [2.45, 2.75) is 18.9 Å². The average molecular weight is 192 g/mol. The van der Waals surface area contributed by atoms with E-state index in [9.17, 15) is 4.79 Å². The molecule has 0 saturated heterocycles. The number of hydrogen-bond donors (Lipinski definition) is 3. The molecule has 1 amide bonds. The van der Waals surface area contributed by atoms with Gasteiger partial charge < -0.3 is 10.7 Å². The molecule has 1 saturated carbocycles. The van der Waals surface area contributed by atoms with Crippen molar-refractivity contribution in [1.82, 2.24) is 10.3 Å². The van der Waals surface area contributed by atoms with Crippen molar-refractivity contribution in [1.29, 1.82) is 0 Å². The van der Waals surface area contributed by atoms with Crippen molar-refractivity contribution in [2.75, 3.05) is 5.43 Å². The fraction of sp³-hybridized carbons (Fsp3) is 0.333. The summed E-state index contributed by atoms with van der Waals surface area (Å²) in [6.07, 6.45) is 5.24. The molecule has 0 aliphatic heterocycles. The standard InChI is InChI=1S/C9H12N4O/c10-13-8-5-11-4-3-7(8)9(14)12-6-1-2-6/h3-6,13H,1-2,10H2,(H,12,14). The molecule has 4 N–H and O–H groups in total. The molecule has 0 spiro atoms. The van der Waals surface area contributed by atoms with E-state index in [4.69, 9.17) is 5.84 Å². The van der Waals surface area contributed by atoms with Gasteiger partial charge in [-0.15, -0.1) is 0 Å². The van der Waals surface area contributed by atoms with Gasteiger partial charge >= 0.3 is 0 Å². The minimum Gasteiger partial charge on any atom is -0.349 e. The highest BCUT2D eigenvalue weighted by molar-refractivity contribution is 5.99. The van der Waals surface area contributed by atoms with Crippen LogP contribution >= 0.6 is 0 Å². The predicted molar refractivity (Wildman–Crippen MR) is 52.5 cm³/mol. The molecular formula is C9H12N4O. The van der Waals surface area contributed by atoms with Gasteiger partial charge in [-0.1, -0.05) is 0 Å². The minimum absolute atomic E-state index is 0.0946. The van der Waals surface area contributed by atoms with Gasteiger partial charge in [0.2, 0.25) is 0 Å². The molecule has 1 heterocycles. The summed E-state index contributed by atoms with van der Waals surface area (Å²) < 4.78 is 0. The molecule has 5 nitrogen and oxygen atoms in total. The van der Waals surface area contributed by atoms with Gasteiger partial charge in [-0.2, -0.15) is 0 Å². The lowest BCUT2D eigenvalue weighted by molar-refractivity contribution is 0.0952. The van der Waals surface area contributed by atoms with Gasteiger partial charge in [0.15, 0.2) is 0 Å². The van der Waals surface area contributed by atoms with Crippen LogP contribution in [0.2, 0.25) is 0 Å². The number of pyridine rings is 1. The summed E-state index contributed by atoms with van der Waals surface area (Å²) in [5, 5.41) is 2.88. The van der Waals surface area contributed by atoms with E-state index in [1.165, 1.54) is 6.20 Å². The zero-order chi connectivity index (χ0) is 9.97. The number of nitrogens with one attached hydrogen (secondary N) is 2. The first kappa shape index (κ1) is 8.96. The molecule has 0 aromatic carbocycles. The second-order valence-electron chi connectivity index (χ2n) is 3.31. The monoisotopic (exact) mass is 192 g/mol. The molecule has 1 aliphatic carbocycles. The molecule has 1 fully saturated rings. The Kier molecular flexibility index (Phi) is 2.32. The predicted octanol–water partition coefficient (Wildman–Crippen LogP) is 0.259. The van der Waals surface area contributed by atoms with Crippen LogP contribution in [0.3, 0.4) is 0 Å². The molecule has 1 aromatic rings. The zero-order valence-electron chi connectivity index (χ0n) is 7.66. The Balaban J connectivity index is 2.16. The maximum absolute atomic E-state index is 11.6. The number of anilines is 1. The minimum atomic E-state index is -0.0946. The largest absolute Gasteiger partial charge is 0.349 e. The first-order valence-corrected chi connectivity index (χ1v) is 4.53. The van der Waals surface area contributed by atoms with E-state index in [2.05, 4.69) is 15.7 Å². The number of hydrogen-bond acceptors (Lipinski definition) is 4. The van der Waals surface area contributed by atoms with E-state index in [1.54, 1.807) is 12.3 Å². The number of carbonyl (C=O) groups is 1. The van der Waals surface area contributed by atoms with Gasteiger partial charge in [0.05, 0.1) is 17.4 Å². The van der Waals surface area contributed by atoms with E-state index in [1.807, 2.05) is 0 Å². The van der Waals surface area contributed by atoms with Crippen molar-refractivity contribution < 1.29 is 4.79 Å². The third-order valence-corrected chi connectivity index (χ3v) is 2.13. The Morgan fingerprint density at radius 2 is 2.36 bits per heavy atom. The zero-order valence-corrected chi connectivity index (χ0v) is 7.66. The van der Waals surface area contributed by atoms with Crippen LogP contribution in [0.15, 0.2) is 18.5 Å². The van der Waals surface area contributed by atoms with Crippen molar-refractivity contribution in [3.05, 3.63) is 24.0 Å². The second-order valence-corrected chi connectivity index (χ2v) is 3.31. The summed E-state index contributed by atoms with van der Waals surface area (Å²) in [5.41, 5.74) is 3.53. The van der Waals surface area contributed by atoms with Gasteiger partial charge in [-0.3, -0.25) is 15.6 Å². The summed E-state index contributed by atoms with van der Waals surface area (Å²) in [5.74, 6) is 5.17. The summed E-state index contributed by atoms with van der Waals surface area (Å²) in [6, 6.07) is 1.99. The molecule has 0 unspecified atom stereocenters. The van der Waals surface area contributed by atoms with Crippen molar-refractivity contribution in [3.63, 3.8) is 0 Å². The average Bonchev–Trinajstić information content (AvgIpc) is 3.01.